The highest BCUT2D eigenvalue weighted by atomic mass is 16.4. The third-order valence-corrected chi connectivity index (χ3v) is 4.57. The molecule has 0 atom stereocenters. The molecule has 2 heterocycles. The Bertz CT molecular complexity index is 1120. The quantitative estimate of drug-likeness (QED) is 0.530. The highest BCUT2D eigenvalue weighted by molar-refractivity contribution is 6.14. The lowest BCUT2D eigenvalue weighted by Crippen LogP contribution is -2.30. The van der Waals surface area contributed by atoms with E-state index in [0.29, 0.717) is 5.56 Å². The van der Waals surface area contributed by atoms with Crippen molar-refractivity contribution in [2.75, 3.05) is 0 Å². The van der Waals surface area contributed by atoms with E-state index >= 15 is 0 Å². The van der Waals surface area contributed by atoms with Crippen LogP contribution in [-0.2, 0) is 22.7 Å². The van der Waals surface area contributed by atoms with E-state index in [1.165, 1.54) is 0 Å². The Balaban J connectivity index is 1.67. The molecule has 2 N–H and O–H groups in total. The van der Waals surface area contributed by atoms with E-state index in [1.54, 1.807) is 16.8 Å². The van der Waals surface area contributed by atoms with Crippen molar-refractivity contribution >= 4 is 34.9 Å². The van der Waals surface area contributed by atoms with Crippen LogP contribution in [0.15, 0.2) is 66.5 Å². The first-order valence-electron chi connectivity index (χ1n) is 8.71. The number of carboxylic acid groups (broad SMARTS) is 1. The van der Waals surface area contributed by atoms with Gasteiger partial charge in [0.05, 0.1) is 6.54 Å². The first kappa shape index (κ1) is 17.5. The standard InChI is InChI=1S/C21H17N3O4/c25-19(26)13-23-12-15(16-8-4-5-9-18(16)23)10-17-20(27)24(21(28)22-17)11-14-6-2-1-3-7-14/h1-10,12H,11,13H2,(H,22,28)(H,25,26)/b17-10+. The lowest BCUT2D eigenvalue weighted by atomic mass is 10.1. The molecule has 3 aromatic rings. The minimum absolute atomic E-state index is 0.166. The zero-order valence-electron chi connectivity index (χ0n) is 14.8. The van der Waals surface area contributed by atoms with Crippen molar-refractivity contribution in [3.8, 4) is 0 Å². The predicted molar refractivity (Wildman–Crippen MR) is 103 cm³/mol. The average molecular weight is 375 g/mol. The van der Waals surface area contributed by atoms with E-state index in [2.05, 4.69) is 5.32 Å². The number of nitrogens with zero attached hydrogens (tertiary/aromatic N) is 2. The van der Waals surface area contributed by atoms with Crippen LogP contribution in [0.1, 0.15) is 11.1 Å². The predicted octanol–water partition coefficient (Wildman–Crippen LogP) is 2.82. The molecule has 0 spiro atoms. The molecular formula is C21H17N3O4. The number of urea groups is 1. The second-order valence-electron chi connectivity index (χ2n) is 6.49. The summed E-state index contributed by atoms with van der Waals surface area (Å²) in [5.74, 6) is -1.37. The summed E-state index contributed by atoms with van der Waals surface area (Å²) in [6.07, 6.45) is 3.26. The van der Waals surface area contributed by atoms with E-state index in [0.717, 1.165) is 21.4 Å². The molecule has 0 bridgehead atoms. The molecule has 140 valence electrons. The monoisotopic (exact) mass is 375 g/mol. The van der Waals surface area contributed by atoms with Gasteiger partial charge >= 0.3 is 12.0 Å². The number of carbonyl (C=O) groups excluding carboxylic acids is 2. The van der Waals surface area contributed by atoms with Crippen molar-refractivity contribution in [1.82, 2.24) is 14.8 Å². The van der Waals surface area contributed by atoms with Crippen molar-refractivity contribution < 1.29 is 19.5 Å². The maximum atomic E-state index is 12.7. The Labute approximate surface area is 160 Å². The number of carboxylic acids is 1. The molecule has 7 heteroatoms. The molecule has 0 unspecified atom stereocenters. The summed E-state index contributed by atoms with van der Waals surface area (Å²) in [4.78, 5) is 37.3. The number of rotatable bonds is 5. The lowest BCUT2D eigenvalue weighted by Gasteiger charge is -2.11. The maximum absolute atomic E-state index is 12.7. The molecule has 1 aliphatic heterocycles. The third-order valence-electron chi connectivity index (χ3n) is 4.57. The number of fused-ring (bicyclic) bond motifs is 1. The number of imide groups is 1. The van der Waals surface area contributed by atoms with Gasteiger partial charge < -0.3 is 15.0 Å². The van der Waals surface area contributed by atoms with Crippen LogP contribution in [0.25, 0.3) is 17.0 Å². The minimum atomic E-state index is -0.959. The molecule has 4 rings (SSSR count). The molecular weight excluding hydrogens is 358 g/mol. The summed E-state index contributed by atoms with van der Waals surface area (Å²) in [6, 6.07) is 16.1. The third kappa shape index (κ3) is 3.25. The fourth-order valence-corrected chi connectivity index (χ4v) is 3.30. The van der Waals surface area contributed by atoms with Crippen molar-refractivity contribution in [2.45, 2.75) is 13.1 Å². The number of aromatic nitrogens is 1. The lowest BCUT2D eigenvalue weighted by molar-refractivity contribution is -0.137. The molecule has 0 aliphatic carbocycles. The van der Waals surface area contributed by atoms with E-state index in [9.17, 15) is 14.4 Å². The van der Waals surface area contributed by atoms with Gasteiger partial charge in [0.25, 0.3) is 5.91 Å². The Hall–Kier alpha value is -3.87. The zero-order chi connectivity index (χ0) is 19.7. The van der Waals surface area contributed by atoms with Crippen molar-refractivity contribution in [2.24, 2.45) is 0 Å². The summed E-state index contributed by atoms with van der Waals surface area (Å²) in [5, 5.41) is 12.5. The molecule has 0 saturated carbocycles. The highest BCUT2D eigenvalue weighted by Gasteiger charge is 2.33. The van der Waals surface area contributed by atoms with Crippen LogP contribution >= 0.6 is 0 Å². The van der Waals surface area contributed by atoms with Gasteiger partial charge in [-0.1, -0.05) is 48.5 Å². The van der Waals surface area contributed by atoms with Gasteiger partial charge in [-0.05, 0) is 17.7 Å². The summed E-state index contributed by atoms with van der Waals surface area (Å²) >= 11 is 0. The van der Waals surface area contributed by atoms with Crippen molar-refractivity contribution in [3.05, 3.63) is 77.6 Å². The maximum Gasteiger partial charge on any atom is 0.329 e. The molecule has 1 saturated heterocycles. The van der Waals surface area contributed by atoms with Crippen LogP contribution in [0, 0.1) is 0 Å². The summed E-state index contributed by atoms with van der Waals surface area (Å²) < 4.78 is 1.60. The molecule has 28 heavy (non-hydrogen) atoms. The highest BCUT2D eigenvalue weighted by Crippen LogP contribution is 2.25. The van der Waals surface area contributed by atoms with Crippen LogP contribution in [0.5, 0.6) is 0 Å². The fourth-order valence-electron chi connectivity index (χ4n) is 3.30. The summed E-state index contributed by atoms with van der Waals surface area (Å²) in [6.45, 7) is -0.00621. The number of para-hydroxylation sites is 1. The molecule has 7 nitrogen and oxygen atoms in total. The topological polar surface area (TPSA) is 91.6 Å². The number of aliphatic carboxylic acids is 1. The van der Waals surface area contributed by atoms with Gasteiger partial charge in [0.2, 0.25) is 0 Å². The normalized spacial score (nSPS) is 15.4. The number of carbonyl (C=O) groups is 3. The van der Waals surface area contributed by atoms with Gasteiger partial charge in [0.1, 0.15) is 12.2 Å². The number of hydrogen-bond acceptors (Lipinski definition) is 3. The van der Waals surface area contributed by atoms with Gasteiger partial charge in [-0.2, -0.15) is 0 Å². The second kappa shape index (κ2) is 7.03. The van der Waals surface area contributed by atoms with Crippen LogP contribution in [-0.4, -0.2) is 32.5 Å². The van der Waals surface area contributed by atoms with Crippen molar-refractivity contribution in [1.29, 1.82) is 0 Å². The van der Waals surface area contributed by atoms with E-state index in [4.69, 9.17) is 5.11 Å². The van der Waals surface area contributed by atoms with Crippen molar-refractivity contribution in [3.63, 3.8) is 0 Å². The summed E-state index contributed by atoms with van der Waals surface area (Å²) in [7, 11) is 0. The fraction of sp³-hybridized carbons (Fsp3) is 0.0952. The first-order chi connectivity index (χ1) is 13.5. The molecule has 3 amide bonds. The zero-order valence-corrected chi connectivity index (χ0v) is 14.8. The van der Waals surface area contributed by atoms with Gasteiger partial charge in [0.15, 0.2) is 0 Å². The first-order valence-corrected chi connectivity index (χ1v) is 8.71. The van der Waals surface area contributed by atoms with Crippen LogP contribution in [0.2, 0.25) is 0 Å². The van der Waals surface area contributed by atoms with Crippen LogP contribution in [0.4, 0.5) is 4.79 Å². The molecule has 1 aromatic heterocycles. The smallest absolute Gasteiger partial charge is 0.329 e. The Morgan fingerprint density at radius 1 is 1.04 bits per heavy atom. The minimum Gasteiger partial charge on any atom is -0.480 e. The van der Waals surface area contributed by atoms with Gasteiger partial charge in [-0.15, -0.1) is 0 Å². The van der Waals surface area contributed by atoms with Crippen LogP contribution in [0.3, 0.4) is 0 Å². The average Bonchev–Trinajstić information content (AvgIpc) is 3.15. The van der Waals surface area contributed by atoms with E-state index in [1.807, 2.05) is 54.6 Å². The number of amides is 3. The van der Waals surface area contributed by atoms with Gasteiger partial charge in [0, 0.05) is 22.7 Å². The van der Waals surface area contributed by atoms with E-state index in [-0.39, 0.29) is 18.8 Å². The largest absolute Gasteiger partial charge is 0.480 e. The Kier molecular flexibility index (Phi) is 4.41. The molecule has 0 radical (unpaired) electrons. The second-order valence-corrected chi connectivity index (χ2v) is 6.49. The number of benzene rings is 2. The van der Waals surface area contributed by atoms with Gasteiger partial charge in [-0.3, -0.25) is 14.5 Å². The molecule has 1 aliphatic rings. The van der Waals surface area contributed by atoms with Crippen LogP contribution < -0.4 is 5.32 Å². The Morgan fingerprint density at radius 2 is 1.75 bits per heavy atom. The number of nitrogens with one attached hydrogen (secondary N) is 1. The SMILES string of the molecule is O=C(O)Cn1cc(/C=C2/NC(=O)N(Cc3ccccc3)C2=O)c2ccccc21. The molecule has 1 fully saturated rings. The summed E-state index contributed by atoms with van der Waals surface area (Å²) in [5.41, 5.74) is 2.43. The number of hydrogen-bond donors (Lipinski definition) is 2. The van der Waals surface area contributed by atoms with Gasteiger partial charge in [-0.25, -0.2) is 4.79 Å². The molecule has 2 aromatic carbocycles. The Morgan fingerprint density at radius 3 is 2.50 bits per heavy atom. The van der Waals surface area contributed by atoms with E-state index < -0.39 is 17.9 Å².